The van der Waals surface area contributed by atoms with Gasteiger partial charge in [-0.05, 0) is 17.7 Å². The van der Waals surface area contributed by atoms with Crippen LogP contribution in [0.2, 0.25) is 0 Å². The Balaban J connectivity index is 1.42. The second-order valence-corrected chi connectivity index (χ2v) is 6.73. The summed E-state index contributed by atoms with van der Waals surface area (Å²) in [7, 11) is 0. The van der Waals surface area contributed by atoms with Crippen molar-refractivity contribution in [3.05, 3.63) is 75.0 Å². The fourth-order valence-corrected chi connectivity index (χ4v) is 3.39. The lowest BCUT2D eigenvalue weighted by atomic mass is 10.1. The third-order valence-corrected chi connectivity index (χ3v) is 4.76. The van der Waals surface area contributed by atoms with Crippen molar-refractivity contribution in [3.63, 3.8) is 0 Å². The van der Waals surface area contributed by atoms with Crippen molar-refractivity contribution in [2.75, 3.05) is 0 Å². The van der Waals surface area contributed by atoms with Crippen molar-refractivity contribution < 1.29 is 9.21 Å². The van der Waals surface area contributed by atoms with Gasteiger partial charge in [0.15, 0.2) is 5.58 Å². The molecule has 6 nitrogen and oxygen atoms in total. The predicted molar refractivity (Wildman–Crippen MR) is 99.9 cm³/mol. The Morgan fingerprint density at radius 3 is 2.88 bits per heavy atom. The molecule has 26 heavy (non-hydrogen) atoms. The standard InChI is InChI=1S/C19H15N3O3S/c23-17(8-12-4-2-1-3-5-12)20-10-18-21-15(11-26-18)13-6-7-14-16(9-13)25-19(24)22-14/h1-7,9,11H,8,10H2,(H,20,23)(H,22,24). The van der Waals surface area contributed by atoms with Crippen LogP contribution < -0.4 is 11.1 Å². The molecule has 2 heterocycles. The number of oxazole rings is 1. The number of aromatic amines is 1. The quantitative estimate of drug-likeness (QED) is 0.569. The molecule has 4 aromatic rings. The molecule has 4 rings (SSSR count). The minimum absolute atomic E-state index is 0.0385. The number of carbonyl (C=O) groups excluding carboxylic acids is 1. The molecule has 2 aromatic heterocycles. The van der Waals surface area contributed by atoms with Crippen LogP contribution in [0.25, 0.3) is 22.4 Å². The van der Waals surface area contributed by atoms with E-state index in [1.54, 1.807) is 12.1 Å². The average molecular weight is 365 g/mol. The fourth-order valence-electron chi connectivity index (χ4n) is 2.65. The van der Waals surface area contributed by atoms with Crippen LogP contribution in [0, 0.1) is 0 Å². The first-order chi connectivity index (χ1) is 12.7. The van der Waals surface area contributed by atoms with Crippen molar-refractivity contribution in [1.29, 1.82) is 0 Å². The van der Waals surface area contributed by atoms with Crippen LogP contribution in [0.3, 0.4) is 0 Å². The zero-order chi connectivity index (χ0) is 17.9. The number of rotatable bonds is 5. The molecule has 2 aromatic carbocycles. The summed E-state index contributed by atoms with van der Waals surface area (Å²) < 4.78 is 5.08. The second-order valence-electron chi connectivity index (χ2n) is 5.79. The van der Waals surface area contributed by atoms with Gasteiger partial charge in [-0.15, -0.1) is 11.3 Å². The van der Waals surface area contributed by atoms with Crippen molar-refractivity contribution in [1.82, 2.24) is 15.3 Å². The van der Waals surface area contributed by atoms with E-state index in [0.29, 0.717) is 24.1 Å². The van der Waals surface area contributed by atoms with E-state index in [9.17, 15) is 9.59 Å². The van der Waals surface area contributed by atoms with Crippen LogP contribution in [0.15, 0.2) is 63.1 Å². The number of benzene rings is 2. The second kappa shape index (κ2) is 6.97. The summed E-state index contributed by atoms with van der Waals surface area (Å²) in [5.41, 5.74) is 3.78. The molecule has 0 aliphatic rings. The number of nitrogens with zero attached hydrogens (tertiary/aromatic N) is 1. The minimum atomic E-state index is -0.475. The van der Waals surface area contributed by atoms with E-state index < -0.39 is 5.76 Å². The Labute approximate surface area is 152 Å². The lowest BCUT2D eigenvalue weighted by molar-refractivity contribution is -0.120. The number of thiazole rings is 1. The number of carbonyl (C=O) groups is 1. The van der Waals surface area contributed by atoms with E-state index in [1.165, 1.54) is 11.3 Å². The molecular formula is C19H15N3O3S. The number of nitrogens with one attached hydrogen (secondary N) is 2. The Bertz CT molecular complexity index is 1110. The first-order valence-corrected chi connectivity index (χ1v) is 8.93. The molecule has 0 bridgehead atoms. The van der Waals surface area contributed by atoms with Crippen LogP contribution in [-0.2, 0) is 17.8 Å². The highest BCUT2D eigenvalue weighted by molar-refractivity contribution is 7.09. The van der Waals surface area contributed by atoms with Gasteiger partial charge >= 0.3 is 5.76 Å². The first kappa shape index (κ1) is 16.3. The van der Waals surface area contributed by atoms with Gasteiger partial charge in [0.25, 0.3) is 0 Å². The topological polar surface area (TPSA) is 88.0 Å². The van der Waals surface area contributed by atoms with Crippen LogP contribution in [0.4, 0.5) is 0 Å². The van der Waals surface area contributed by atoms with Gasteiger partial charge in [-0.2, -0.15) is 0 Å². The van der Waals surface area contributed by atoms with Gasteiger partial charge in [0.2, 0.25) is 5.91 Å². The summed E-state index contributed by atoms with van der Waals surface area (Å²) in [6.07, 6.45) is 0.349. The molecule has 0 radical (unpaired) electrons. The summed E-state index contributed by atoms with van der Waals surface area (Å²) in [4.78, 5) is 30.4. The van der Waals surface area contributed by atoms with E-state index in [0.717, 1.165) is 21.8 Å². The molecule has 0 aliphatic heterocycles. The molecule has 130 valence electrons. The number of aromatic nitrogens is 2. The number of H-pyrrole nitrogens is 1. The third-order valence-electron chi connectivity index (χ3n) is 3.91. The molecule has 1 amide bonds. The highest BCUT2D eigenvalue weighted by Gasteiger charge is 2.09. The van der Waals surface area contributed by atoms with Crippen molar-refractivity contribution >= 4 is 28.3 Å². The van der Waals surface area contributed by atoms with E-state index in [-0.39, 0.29) is 5.91 Å². The molecule has 0 saturated heterocycles. The zero-order valence-corrected chi connectivity index (χ0v) is 14.5. The van der Waals surface area contributed by atoms with Crippen LogP contribution >= 0.6 is 11.3 Å². The molecule has 0 aliphatic carbocycles. The molecule has 2 N–H and O–H groups in total. The first-order valence-electron chi connectivity index (χ1n) is 8.06. The third kappa shape index (κ3) is 3.57. The van der Waals surface area contributed by atoms with Gasteiger partial charge in [-0.1, -0.05) is 36.4 Å². The van der Waals surface area contributed by atoms with Crippen molar-refractivity contribution in [3.8, 4) is 11.3 Å². The fraction of sp³-hybridized carbons (Fsp3) is 0.105. The highest BCUT2D eigenvalue weighted by atomic mass is 32.1. The van der Waals surface area contributed by atoms with Gasteiger partial charge in [0.05, 0.1) is 24.2 Å². The maximum Gasteiger partial charge on any atom is 0.417 e. The molecule has 0 fully saturated rings. The average Bonchev–Trinajstić information content (AvgIpc) is 3.25. The normalized spacial score (nSPS) is 10.9. The zero-order valence-electron chi connectivity index (χ0n) is 13.7. The number of hydrogen-bond acceptors (Lipinski definition) is 5. The predicted octanol–water partition coefficient (Wildman–Crippen LogP) is 3.10. The molecule has 0 spiro atoms. The largest absolute Gasteiger partial charge is 0.417 e. The van der Waals surface area contributed by atoms with Gasteiger partial charge in [-0.25, -0.2) is 9.78 Å². The van der Waals surface area contributed by atoms with Crippen molar-refractivity contribution in [2.24, 2.45) is 0 Å². The maximum atomic E-state index is 12.0. The monoisotopic (exact) mass is 365 g/mol. The maximum absolute atomic E-state index is 12.0. The number of hydrogen-bond donors (Lipinski definition) is 2. The van der Waals surface area contributed by atoms with Gasteiger partial charge in [0, 0.05) is 10.9 Å². The Morgan fingerprint density at radius 2 is 2.04 bits per heavy atom. The number of fused-ring (bicyclic) bond motifs is 1. The molecular weight excluding hydrogens is 350 g/mol. The van der Waals surface area contributed by atoms with Gasteiger partial charge in [0.1, 0.15) is 5.01 Å². The Kier molecular flexibility index (Phi) is 4.37. The minimum Gasteiger partial charge on any atom is -0.408 e. The van der Waals surface area contributed by atoms with E-state index in [2.05, 4.69) is 15.3 Å². The van der Waals surface area contributed by atoms with E-state index in [4.69, 9.17) is 4.42 Å². The number of amides is 1. The summed E-state index contributed by atoms with van der Waals surface area (Å²) in [5.74, 6) is -0.513. The molecule has 0 saturated carbocycles. The van der Waals surface area contributed by atoms with E-state index >= 15 is 0 Å². The molecule has 0 unspecified atom stereocenters. The van der Waals surface area contributed by atoms with Crippen LogP contribution in [0.5, 0.6) is 0 Å². The molecule has 0 atom stereocenters. The Morgan fingerprint density at radius 1 is 1.19 bits per heavy atom. The smallest absolute Gasteiger partial charge is 0.408 e. The van der Waals surface area contributed by atoms with Crippen molar-refractivity contribution in [2.45, 2.75) is 13.0 Å². The molecule has 7 heteroatoms. The van der Waals surface area contributed by atoms with Crippen LogP contribution in [0.1, 0.15) is 10.6 Å². The lowest BCUT2D eigenvalue weighted by Crippen LogP contribution is -2.24. The van der Waals surface area contributed by atoms with E-state index in [1.807, 2.05) is 41.8 Å². The lowest BCUT2D eigenvalue weighted by Gasteiger charge is -2.03. The summed E-state index contributed by atoms with van der Waals surface area (Å²) in [6.45, 7) is 0.387. The summed E-state index contributed by atoms with van der Waals surface area (Å²) >= 11 is 1.48. The summed E-state index contributed by atoms with van der Waals surface area (Å²) in [6, 6.07) is 15.1. The summed E-state index contributed by atoms with van der Waals surface area (Å²) in [5, 5.41) is 5.63. The Hall–Kier alpha value is -3.19. The van der Waals surface area contributed by atoms with Gasteiger partial charge in [-0.3, -0.25) is 9.78 Å². The van der Waals surface area contributed by atoms with Gasteiger partial charge < -0.3 is 9.73 Å². The van der Waals surface area contributed by atoms with Crippen LogP contribution in [-0.4, -0.2) is 15.9 Å². The highest BCUT2D eigenvalue weighted by Crippen LogP contribution is 2.24. The SMILES string of the molecule is O=C(Cc1ccccc1)NCc1nc(-c2ccc3[nH]c(=O)oc3c2)cs1.